The Hall–Kier alpha value is -2.50. The fraction of sp³-hybridized carbons (Fsp3) is 0.474. The van der Waals surface area contributed by atoms with Crippen LogP contribution in [0.4, 0.5) is 5.82 Å². The van der Waals surface area contributed by atoms with Gasteiger partial charge in [-0.05, 0) is 42.9 Å². The van der Waals surface area contributed by atoms with Gasteiger partial charge in [0.25, 0.3) is 5.91 Å². The molecule has 132 valence electrons. The number of anilines is 1. The van der Waals surface area contributed by atoms with Crippen molar-refractivity contribution in [2.75, 3.05) is 31.6 Å². The Bertz CT molecular complexity index is 698. The minimum Gasteiger partial charge on any atom is -0.356 e. The number of carbonyl (C=O) groups is 1. The van der Waals surface area contributed by atoms with E-state index in [9.17, 15) is 4.79 Å². The third-order valence-corrected chi connectivity index (χ3v) is 4.81. The Morgan fingerprint density at radius 2 is 1.96 bits per heavy atom. The molecule has 1 amide bonds. The first-order valence-electron chi connectivity index (χ1n) is 8.85. The summed E-state index contributed by atoms with van der Waals surface area (Å²) in [6, 6.07) is 5.76. The predicted octanol–water partition coefficient (Wildman–Crippen LogP) is 2.42. The number of piperidine rings is 1. The molecule has 1 fully saturated rings. The molecule has 25 heavy (non-hydrogen) atoms. The molecule has 6 heteroatoms. The van der Waals surface area contributed by atoms with Crippen LogP contribution in [0.15, 0.2) is 36.9 Å². The van der Waals surface area contributed by atoms with Crippen molar-refractivity contribution in [1.29, 1.82) is 0 Å². The van der Waals surface area contributed by atoms with Crippen LogP contribution < -0.4 is 4.90 Å². The molecule has 1 aliphatic rings. The molecule has 1 saturated heterocycles. The fourth-order valence-electron chi connectivity index (χ4n) is 3.02. The lowest BCUT2D eigenvalue weighted by atomic mass is 9.99. The summed E-state index contributed by atoms with van der Waals surface area (Å²) < 4.78 is 0. The second-order valence-electron chi connectivity index (χ2n) is 6.76. The van der Waals surface area contributed by atoms with E-state index < -0.39 is 0 Å². The third-order valence-electron chi connectivity index (χ3n) is 4.81. The second-order valence-corrected chi connectivity index (χ2v) is 6.76. The molecule has 1 aliphatic heterocycles. The summed E-state index contributed by atoms with van der Waals surface area (Å²) in [6.45, 7) is 4.90. The Balaban J connectivity index is 1.62. The zero-order chi connectivity index (χ0) is 17.6. The van der Waals surface area contributed by atoms with Gasteiger partial charge >= 0.3 is 0 Å². The highest BCUT2D eigenvalue weighted by Crippen LogP contribution is 2.21. The van der Waals surface area contributed by atoms with Gasteiger partial charge in [-0.1, -0.05) is 6.92 Å². The van der Waals surface area contributed by atoms with Crippen LogP contribution in [0.25, 0.3) is 0 Å². The van der Waals surface area contributed by atoms with Crippen LogP contribution in [0.5, 0.6) is 0 Å². The topological polar surface area (TPSA) is 62.2 Å². The second kappa shape index (κ2) is 8.05. The van der Waals surface area contributed by atoms with Crippen molar-refractivity contribution < 1.29 is 4.79 Å². The van der Waals surface area contributed by atoms with Crippen molar-refractivity contribution in [2.45, 2.75) is 26.2 Å². The molecule has 2 aromatic rings. The summed E-state index contributed by atoms with van der Waals surface area (Å²) in [5.74, 6) is 1.55. The first-order valence-corrected chi connectivity index (χ1v) is 8.85. The zero-order valence-electron chi connectivity index (χ0n) is 14.9. The highest BCUT2D eigenvalue weighted by molar-refractivity contribution is 5.92. The highest BCUT2D eigenvalue weighted by atomic mass is 16.2. The lowest BCUT2D eigenvalue weighted by Gasteiger charge is -2.31. The van der Waals surface area contributed by atoms with Gasteiger partial charge in [0, 0.05) is 45.1 Å². The Morgan fingerprint density at radius 3 is 2.68 bits per heavy atom. The monoisotopic (exact) mass is 339 g/mol. The summed E-state index contributed by atoms with van der Waals surface area (Å²) in [6.07, 6.45) is 8.17. The predicted molar refractivity (Wildman–Crippen MR) is 97.5 cm³/mol. The molecule has 0 radical (unpaired) electrons. The number of likely N-dealkylation sites (N-methyl/N-ethyl adjacent to an activating group) is 1. The third kappa shape index (κ3) is 4.53. The maximum atomic E-state index is 12.7. The largest absolute Gasteiger partial charge is 0.356 e. The molecule has 0 aromatic carbocycles. The number of nitrogens with zero attached hydrogens (tertiary/aromatic N) is 5. The van der Waals surface area contributed by atoms with Gasteiger partial charge in [-0.25, -0.2) is 9.97 Å². The number of hydrogen-bond acceptors (Lipinski definition) is 5. The molecule has 0 saturated carbocycles. The average molecular weight is 339 g/mol. The molecule has 3 rings (SSSR count). The molecule has 3 heterocycles. The number of carbonyl (C=O) groups excluding carboxylic acids is 1. The van der Waals surface area contributed by atoms with E-state index >= 15 is 0 Å². The quantitative estimate of drug-likeness (QED) is 0.837. The molecule has 0 aliphatic carbocycles. The normalized spacial score (nSPS) is 15.2. The van der Waals surface area contributed by atoms with Crippen molar-refractivity contribution in [1.82, 2.24) is 19.9 Å². The molecule has 0 spiro atoms. The molecule has 2 aromatic heterocycles. The van der Waals surface area contributed by atoms with E-state index in [0.29, 0.717) is 12.2 Å². The van der Waals surface area contributed by atoms with Crippen LogP contribution in [-0.4, -0.2) is 52.4 Å². The molecule has 0 unspecified atom stereocenters. The Labute approximate surface area is 148 Å². The van der Waals surface area contributed by atoms with Crippen LogP contribution in [0.3, 0.4) is 0 Å². The van der Waals surface area contributed by atoms with E-state index in [-0.39, 0.29) is 5.91 Å². The maximum Gasteiger partial charge on any atom is 0.272 e. The Morgan fingerprint density at radius 1 is 1.24 bits per heavy atom. The van der Waals surface area contributed by atoms with Crippen molar-refractivity contribution in [3.63, 3.8) is 0 Å². The summed E-state index contributed by atoms with van der Waals surface area (Å²) in [7, 11) is 1.81. The molecular formula is C19H25N5O. The first kappa shape index (κ1) is 17.3. The van der Waals surface area contributed by atoms with Gasteiger partial charge in [-0.3, -0.25) is 9.78 Å². The maximum absolute atomic E-state index is 12.7. The standard InChI is InChI=1S/C19H25N5O/c1-15-5-11-24(12-6-15)18-13-17(21-14-22-18)19(25)23(2)10-7-16-3-8-20-9-4-16/h3-4,8-9,13-15H,5-7,10-12H2,1-2H3. The van der Waals surface area contributed by atoms with Gasteiger partial charge in [-0.2, -0.15) is 0 Å². The lowest BCUT2D eigenvalue weighted by molar-refractivity contribution is 0.0790. The molecule has 6 nitrogen and oxygen atoms in total. The summed E-state index contributed by atoms with van der Waals surface area (Å²) in [5, 5.41) is 0. The van der Waals surface area contributed by atoms with Crippen molar-refractivity contribution in [3.8, 4) is 0 Å². The van der Waals surface area contributed by atoms with Crippen LogP contribution in [-0.2, 0) is 6.42 Å². The van der Waals surface area contributed by atoms with Crippen LogP contribution in [0.1, 0.15) is 35.8 Å². The van der Waals surface area contributed by atoms with Gasteiger partial charge < -0.3 is 9.80 Å². The van der Waals surface area contributed by atoms with Gasteiger partial charge in [0.1, 0.15) is 17.8 Å². The fourth-order valence-corrected chi connectivity index (χ4v) is 3.02. The summed E-state index contributed by atoms with van der Waals surface area (Å²) >= 11 is 0. The minimum absolute atomic E-state index is 0.0666. The SMILES string of the molecule is CC1CCN(c2cc(C(=O)N(C)CCc3ccncc3)ncn2)CC1. The number of rotatable bonds is 5. The summed E-state index contributed by atoms with van der Waals surface area (Å²) in [5.41, 5.74) is 1.63. The minimum atomic E-state index is -0.0666. The van der Waals surface area contributed by atoms with Gasteiger partial charge in [-0.15, -0.1) is 0 Å². The van der Waals surface area contributed by atoms with Gasteiger partial charge in [0.2, 0.25) is 0 Å². The van der Waals surface area contributed by atoms with E-state index in [1.54, 1.807) is 17.3 Å². The van der Waals surface area contributed by atoms with Crippen LogP contribution >= 0.6 is 0 Å². The van der Waals surface area contributed by atoms with E-state index in [1.807, 2.05) is 25.2 Å². The number of pyridine rings is 1. The first-order chi connectivity index (χ1) is 12.1. The molecule has 0 atom stereocenters. The molecular weight excluding hydrogens is 314 g/mol. The molecule has 0 bridgehead atoms. The number of hydrogen-bond donors (Lipinski definition) is 0. The lowest BCUT2D eigenvalue weighted by Crippen LogP contribution is -2.34. The van der Waals surface area contributed by atoms with E-state index in [2.05, 4.69) is 26.8 Å². The van der Waals surface area contributed by atoms with Crippen LogP contribution in [0.2, 0.25) is 0 Å². The number of amides is 1. The van der Waals surface area contributed by atoms with Gasteiger partial charge in [0.15, 0.2) is 0 Å². The van der Waals surface area contributed by atoms with E-state index in [0.717, 1.165) is 31.2 Å². The van der Waals surface area contributed by atoms with Crippen molar-refractivity contribution >= 4 is 11.7 Å². The summed E-state index contributed by atoms with van der Waals surface area (Å²) in [4.78, 5) is 29.2. The molecule has 0 N–H and O–H groups in total. The van der Waals surface area contributed by atoms with Crippen molar-refractivity contribution in [3.05, 3.63) is 48.2 Å². The van der Waals surface area contributed by atoms with Crippen LogP contribution in [0, 0.1) is 5.92 Å². The smallest absolute Gasteiger partial charge is 0.272 e. The van der Waals surface area contributed by atoms with E-state index in [1.165, 1.54) is 24.7 Å². The zero-order valence-corrected chi connectivity index (χ0v) is 14.9. The van der Waals surface area contributed by atoms with Crippen molar-refractivity contribution in [2.24, 2.45) is 5.92 Å². The number of aromatic nitrogens is 3. The highest BCUT2D eigenvalue weighted by Gasteiger charge is 2.19. The average Bonchev–Trinajstić information content (AvgIpc) is 2.67. The van der Waals surface area contributed by atoms with Gasteiger partial charge in [0.05, 0.1) is 0 Å². The Kier molecular flexibility index (Phi) is 5.58. The van der Waals surface area contributed by atoms with E-state index in [4.69, 9.17) is 0 Å².